The predicted molar refractivity (Wildman–Crippen MR) is 106 cm³/mol. The smallest absolute Gasteiger partial charge is 0.254 e. The zero-order valence-corrected chi connectivity index (χ0v) is 15.9. The van der Waals surface area contributed by atoms with Gasteiger partial charge >= 0.3 is 0 Å². The molecule has 2 aromatic rings. The Hall–Kier alpha value is -2.57. The van der Waals surface area contributed by atoms with Gasteiger partial charge in [-0.3, -0.25) is 9.59 Å². The Morgan fingerprint density at radius 2 is 1.81 bits per heavy atom. The minimum Gasteiger partial charge on any atom is -0.378 e. The molecule has 1 fully saturated rings. The normalized spacial score (nSPS) is 13.9. The fourth-order valence-corrected chi connectivity index (χ4v) is 2.98. The highest BCUT2D eigenvalue weighted by Gasteiger charge is 2.18. The fraction of sp³-hybridized carbons (Fsp3) is 0.300. The van der Waals surface area contributed by atoms with Crippen LogP contribution in [-0.4, -0.2) is 49.6 Å². The molecule has 0 bridgehead atoms. The van der Waals surface area contributed by atoms with Crippen molar-refractivity contribution in [1.29, 1.82) is 0 Å². The highest BCUT2D eigenvalue weighted by atomic mass is 35.5. The van der Waals surface area contributed by atoms with Crippen molar-refractivity contribution in [3.8, 4) is 0 Å². The summed E-state index contributed by atoms with van der Waals surface area (Å²) in [5, 5.41) is 6.50. The molecule has 0 spiro atoms. The largest absolute Gasteiger partial charge is 0.378 e. The third kappa shape index (κ3) is 5.21. The lowest BCUT2D eigenvalue weighted by Gasteiger charge is -2.26. The van der Waals surface area contributed by atoms with Gasteiger partial charge in [0.1, 0.15) is 0 Å². The lowest BCUT2D eigenvalue weighted by atomic mass is 10.1. The van der Waals surface area contributed by atoms with Crippen LogP contribution < -0.4 is 10.6 Å². The van der Waals surface area contributed by atoms with Crippen molar-refractivity contribution in [2.75, 3.05) is 43.5 Å². The van der Waals surface area contributed by atoms with Crippen molar-refractivity contribution in [1.82, 2.24) is 4.90 Å². The van der Waals surface area contributed by atoms with Gasteiger partial charge in [0.2, 0.25) is 5.91 Å². The second-order valence-corrected chi connectivity index (χ2v) is 6.78. The van der Waals surface area contributed by atoms with Crippen LogP contribution in [0.15, 0.2) is 42.5 Å². The van der Waals surface area contributed by atoms with E-state index < -0.39 is 0 Å². The zero-order chi connectivity index (χ0) is 19.2. The number of hydrogen-bond acceptors (Lipinski definition) is 4. The van der Waals surface area contributed by atoms with Crippen molar-refractivity contribution in [3.05, 3.63) is 58.6 Å². The minimum atomic E-state index is -0.179. The number of carbonyl (C=O) groups is 2. The molecule has 27 heavy (non-hydrogen) atoms. The molecule has 2 aromatic carbocycles. The van der Waals surface area contributed by atoms with Crippen molar-refractivity contribution in [2.45, 2.75) is 6.92 Å². The van der Waals surface area contributed by atoms with E-state index in [2.05, 4.69) is 10.6 Å². The van der Waals surface area contributed by atoms with Crippen LogP contribution in [0.3, 0.4) is 0 Å². The highest BCUT2D eigenvalue weighted by molar-refractivity contribution is 6.30. The van der Waals surface area contributed by atoms with Gasteiger partial charge in [-0.2, -0.15) is 0 Å². The molecular formula is C20H22ClN3O3. The van der Waals surface area contributed by atoms with Gasteiger partial charge < -0.3 is 20.3 Å². The Bertz CT molecular complexity index is 818. The third-order valence-electron chi connectivity index (χ3n) is 4.35. The number of ether oxygens (including phenoxy) is 1. The van der Waals surface area contributed by atoms with E-state index in [9.17, 15) is 9.59 Å². The Labute approximate surface area is 163 Å². The van der Waals surface area contributed by atoms with E-state index in [1.54, 1.807) is 35.2 Å². The van der Waals surface area contributed by atoms with Crippen molar-refractivity contribution < 1.29 is 14.3 Å². The molecule has 1 saturated heterocycles. The average molecular weight is 388 g/mol. The molecule has 3 rings (SSSR count). The van der Waals surface area contributed by atoms with Crippen LogP contribution in [0.2, 0.25) is 5.02 Å². The molecule has 0 saturated carbocycles. The lowest BCUT2D eigenvalue weighted by molar-refractivity contribution is -0.114. The summed E-state index contributed by atoms with van der Waals surface area (Å²) in [6, 6.07) is 12.4. The van der Waals surface area contributed by atoms with E-state index in [-0.39, 0.29) is 18.4 Å². The number of nitrogens with zero attached hydrogens (tertiary/aromatic N) is 1. The first-order valence-electron chi connectivity index (χ1n) is 8.80. The van der Waals surface area contributed by atoms with Crippen LogP contribution in [0.25, 0.3) is 0 Å². The van der Waals surface area contributed by atoms with Crippen LogP contribution in [0.1, 0.15) is 15.9 Å². The van der Waals surface area contributed by atoms with Crippen LogP contribution in [-0.2, 0) is 9.53 Å². The van der Waals surface area contributed by atoms with Crippen molar-refractivity contribution in [3.63, 3.8) is 0 Å². The molecule has 2 amide bonds. The number of aryl methyl sites for hydroxylation is 1. The van der Waals surface area contributed by atoms with Gasteiger partial charge in [-0.1, -0.05) is 17.7 Å². The van der Waals surface area contributed by atoms with E-state index in [1.165, 1.54) is 0 Å². The van der Waals surface area contributed by atoms with Gasteiger partial charge in [0.05, 0.1) is 19.8 Å². The molecule has 142 valence electrons. The Morgan fingerprint density at radius 3 is 2.52 bits per heavy atom. The molecule has 0 aliphatic carbocycles. The lowest BCUT2D eigenvalue weighted by Crippen LogP contribution is -2.40. The van der Waals surface area contributed by atoms with Gasteiger partial charge in [-0.05, 0) is 48.9 Å². The van der Waals surface area contributed by atoms with Gasteiger partial charge in [-0.25, -0.2) is 0 Å². The number of benzene rings is 2. The number of anilines is 2. The van der Waals surface area contributed by atoms with Crippen LogP contribution in [0, 0.1) is 6.92 Å². The number of amides is 2. The molecule has 0 radical (unpaired) electrons. The number of morpholine rings is 1. The summed E-state index contributed by atoms with van der Waals surface area (Å²) in [4.78, 5) is 26.3. The maximum absolute atomic E-state index is 12.4. The summed E-state index contributed by atoms with van der Waals surface area (Å²) in [5.41, 5.74) is 3.08. The number of hydrogen-bond donors (Lipinski definition) is 2. The Morgan fingerprint density at radius 1 is 1.11 bits per heavy atom. The highest BCUT2D eigenvalue weighted by Crippen LogP contribution is 2.20. The molecule has 1 heterocycles. The summed E-state index contributed by atoms with van der Waals surface area (Å²) in [5.74, 6) is -0.198. The maximum Gasteiger partial charge on any atom is 0.254 e. The SMILES string of the molecule is Cc1ccc(Cl)cc1NCC(=O)Nc1ccc(C(=O)N2CCOCC2)cc1. The van der Waals surface area contributed by atoms with Crippen molar-refractivity contribution in [2.24, 2.45) is 0 Å². The number of nitrogens with one attached hydrogen (secondary N) is 2. The Balaban J connectivity index is 1.53. The fourth-order valence-electron chi connectivity index (χ4n) is 2.81. The van der Waals surface area contributed by atoms with Crippen molar-refractivity contribution >= 4 is 34.8 Å². The molecule has 2 N–H and O–H groups in total. The molecular weight excluding hydrogens is 366 g/mol. The summed E-state index contributed by atoms with van der Waals surface area (Å²) in [6.07, 6.45) is 0. The molecule has 1 aliphatic rings. The summed E-state index contributed by atoms with van der Waals surface area (Å²) in [7, 11) is 0. The third-order valence-corrected chi connectivity index (χ3v) is 4.59. The molecule has 1 aliphatic heterocycles. The van der Waals surface area contributed by atoms with E-state index in [4.69, 9.17) is 16.3 Å². The monoisotopic (exact) mass is 387 g/mol. The summed E-state index contributed by atoms with van der Waals surface area (Å²) < 4.78 is 5.26. The van der Waals surface area contributed by atoms with Gasteiger partial charge in [0, 0.05) is 35.1 Å². The first-order chi connectivity index (χ1) is 13.0. The molecule has 6 nitrogen and oxygen atoms in total. The predicted octanol–water partition coefficient (Wildman–Crippen LogP) is 3.17. The molecule has 7 heteroatoms. The first kappa shape index (κ1) is 19.2. The standard InChI is InChI=1S/C20H22ClN3O3/c1-14-2-5-16(21)12-18(14)22-13-19(25)23-17-6-3-15(4-7-17)20(26)24-8-10-27-11-9-24/h2-7,12,22H,8-11,13H2,1H3,(H,23,25). The summed E-state index contributed by atoms with van der Waals surface area (Å²) >= 11 is 5.98. The second kappa shape index (κ2) is 8.88. The Kier molecular flexibility index (Phi) is 6.32. The van der Waals surface area contributed by atoms with Crippen LogP contribution >= 0.6 is 11.6 Å². The number of rotatable bonds is 5. The van der Waals surface area contributed by atoms with E-state index in [0.29, 0.717) is 42.6 Å². The number of halogens is 1. The van der Waals surface area contributed by atoms with Crippen LogP contribution in [0.5, 0.6) is 0 Å². The average Bonchev–Trinajstić information content (AvgIpc) is 2.69. The quantitative estimate of drug-likeness (QED) is 0.826. The van der Waals surface area contributed by atoms with E-state index in [0.717, 1.165) is 11.3 Å². The molecule has 0 atom stereocenters. The second-order valence-electron chi connectivity index (χ2n) is 6.34. The minimum absolute atomic E-state index is 0.0192. The first-order valence-corrected chi connectivity index (χ1v) is 9.18. The van der Waals surface area contributed by atoms with Gasteiger partial charge in [0.15, 0.2) is 0 Å². The summed E-state index contributed by atoms with van der Waals surface area (Å²) in [6.45, 7) is 4.41. The van der Waals surface area contributed by atoms with E-state index in [1.807, 2.05) is 19.1 Å². The molecule has 0 aromatic heterocycles. The molecule has 0 unspecified atom stereocenters. The van der Waals surface area contributed by atoms with Gasteiger partial charge in [-0.15, -0.1) is 0 Å². The van der Waals surface area contributed by atoms with Gasteiger partial charge in [0.25, 0.3) is 5.91 Å². The van der Waals surface area contributed by atoms with E-state index >= 15 is 0 Å². The maximum atomic E-state index is 12.4. The zero-order valence-electron chi connectivity index (χ0n) is 15.1. The number of carbonyl (C=O) groups excluding carboxylic acids is 2. The van der Waals surface area contributed by atoms with Crippen LogP contribution in [0.4, 0.5) is 11.4 Å². The topological polar surface area (TPSA) is 70.7 Å².